The van der Waals surface area contributed by atoms with Crippen LogP contribution in [0.25, 0.3) is 0 Å². The third kappa shape index (κ3) is 2.78. The summed E-state index contributed by atoms with van der Waals surface area (Å²) < 4.78 is 5.73. The van der Waals surface area contributed by atoms with Gasteiger partial charge in [-0.15, -0.1) is 0 Å². The summed E-state index contributed by atoms with van der Waals surface area (Å²) in [6.45, 7) is 7.24. The molecule has 1 fully saturated rings. The molecule has 2 unspecified atom stereocenters. The maximum absolute atomic E-state index is 9.56. The van der Waals surface area contributed by atoms with E-state index in [1.165, 1.54) is 0 Å². The van der Waals surface area contributed by atoms with E-state index in [2.05, 4.69) is 11.8 Å². The molecule has 1 aliphatic heterocycles. The van der Waals surface area contributed by atoms with Gasteiger partial charge in [-0.1, -0.05) is 13.0 Å². The normalized spacial score (nSPS) is 23.1. The van der Waals surface area contributed by atoms with Crippen LogP contribution in [0.1, 0.15) is 27.2 Å². The maximum Gasteiger partial charge on any atom is 0.144 e. The second-order valence-electron chi connectivity index (χ2n) is 5.56. The van der Waals surface area contributed by atoms with Gasteiger partial charge in [0.25, 0.3) is 0 Å². The van der Waals surface area contributed by atoms with Gasteiger partial charge in [-0.2, -0.15) is 0 Å². The van der Waals surface area contributed by atoms with Crippen molar-refractivity contribution in [1.82, 2.24) is 0 Å². The topological polar surface area (TPSA) is 58.7 Å². The van der Waals surface area contributed by atoms with Crippen LogP contribution < -0.4 is 15.4 Å². The molecule has 106 valence electrons. The van der Waals surface area contributed by atoms with Crippen molar-refractivity contribution in [2.45, 2.75) is 39.3 Å². The second-order valence-corrected chi connectivity index (χ2v) is 5.56. The van der Waals surface area contributed by atoms with E-state index in [9.17, 15) is 5.11 Å². The molecule has 1 aromatic carbocycles. The monoisotopic (exact) mass is 264 g/mol. The summed E-state index contributed by atoms with van der Waals surface area (Å²) in [7, 11) is 0. The molecule has 19 heavy (non-hydrogen) atoms. The Morgan fingerprint density at radius 1 is 1.47 bits per heavy atom. The number of nitrogens with zero attached hydrogens (tertiary/aromatic N) is 1. The van der Waals surface area contributed by atoms with Crippen LogP contribution in [0.5, 0.6) is 5.75 Å². The first-order valence-corrected chi connectivity index (χ1v) is 6.97. The van der Waals surface area contributed by atoms with Gasteiger partial charge >= 0.3 is 0 Å². The van der Waals surface area contributed by atoms with Crippen molar-refractivity contribution >= 4 is 11.4 Å². The highest BCUT2D eigenvalue weighted by Gasteiger charge is 2.32. The number of nitrogens with two attached hydrogens (primary N) is 1. The van der Waals surface area contributed by atoms with Gasteiger partial charge in [-0.3, -0.25) is 0 Å². The van der Waals surface area contributed by atoms with Crippen LogP contribution in [0.3, 0.4) is 0 Å². The predicted octanol–water partition coefficient (Wildman–Crippen LogP) is 2.26. The van der Waals surface area contributed by atoms with E-state index in [0.717, 1.165) is 24.4 Å². The average molecular weight is 264 g/mol. The molecule has 4 nitrogen and oxygen atoms in total. The van der Waals surface area contributed by atoms with Gasteiger partial charge in [0.05, 0.1) is 30.1 Å². The van der Waals surface area contributed by atoms with Gasteiger partial charge in [-0.25, -0.2) is 0 Å². The standard InChI is InChI=1S/C15H24N2O2/c1-10(2)19-14-6-4-5-12(15(14)16)17-8-7-11(3)13(17)9-18/h4-6,10-11,13,18H,7-9,16H2,1-3H3. The van der Waals surface area contributed by atoms with Gasteiger partial charge in [0, 0.05) is 6.54 Å². The number of hydrogen-bond donors (Lipinski definition) is 2. The van der Waals surface area contributed by atoms with E-state index in [1.807, 2.05) is 32.0 Å². The zero-order valence-electron chi connectivity index (χ0n) is 12.0. The second kappa shape index (κ2) is 5.70. The fraction of sp³-hybridized carbons (Fsp3) is 0.600. The molecule has 2 atom stereocenters. The fourth-order valence-electron chi connectivity index (χ4n) is 2.73. The molecular weight excluding hydrogens is 240 g/mol. The number of anilines is 2. The summed E-state index contributed by atoms with van der Waals surface area (Å²) in [4.78, 5) is 2.20. The number of hydrogen-bond acceptors (Lipinski definition) is 4. The first-order chi connectivity index (χ1) is 9.04. The van der Waals surface area contributed by atoms with E-state index in [1.54, 1.807) is 0 Å². The molecule has 0 radical (unpaired) electrons. The van der Waals surface area contributed by atoms with E-state index in [4.69, 9.17) is 10.5 Å². The Labute approximate surface area is 115 Å². The minimum Gasteiger partial charge on any atom is -0.489 e. The number of para-hydroxylation sites is 1. The Hall–Kier alpha value is -1.42. The van der Waals surface area contributed by atoms with Crippen LogP contribution >= 0.6 is 0 Å². The quantitative estimate of drug-likeness (QED) is 0.819. The molecule has 2 rings (SSSR count). The summed E-state index contributed by atoms with van der Waals surface area (Å²) >= 11 is 0. The van der Waals surface area contributed by atoms with Crippen LogP contribution in [0.4, 0.5) is 11.4 Å². The van der Waals surface area contributed by atoms with Crippen molar-refractivity contribution < 1.29 is 9.84 Å². The van der Waals surface area contributed by atoms with Crippen molar-refractivity contribution in [1.29, 1.82) is 0 Å². The highest BCUT2D eigenvalue weighted by molar-refractivity contribution is 5.74. The predicted molar refractivity (Wildman–Crippen MR) is 78.6 cm³/mol. The molecule has 3 N–H and O–H groups in total. The molecule has 1 saturated heterocycles. The molecule has 0 spiro atoms. The lowest BCUT2D eigenvalue weighted by Crippen LogP contribution is -2.35. The molecule has 0 bridgehead atoms. The highest BCUT2D eigenvalue weighted by Crippen LogP contribution is 2.37. The van der Waals surface area contributed by atoms with Crippen LogP contribution in [0.2, 0.25) is 0 Å². The summed E-state index contributed by atoms with van der Waals surface area (Å²) in [6.07, 6.45) is 1.18. The fourth-order valence-corrected chi connectivity index (χ4v) is 2.73. The zero-order valence-corrected chi connectivity index (χ0v) is 12.0. The van der Waals surface area contributed by atoms with Crippen LogP contribution in [0, 0.1) is 5.92 Å². The number of aliphatic hydroxyl groups is 1. The third-order valence-corrected chi connectivity index (χ3v) is 3.78. The minimum absolute atomic E-state index is 0.101. The van der Waals surface area contributed by atoms with Gasteiger partial charge in [0.15, 0.2) is 0 Å². The largest absolute Gasteiger partial charge is 0.489 e. The summed E-state index contributed by atoms with van der Waals surface area (Å²) in [5.41, 5.74) is 7.87. The summed E-state index contributed by atoms with van der Waals surface area (Å²) in [5.74, 6) is 1.21. The molecule has 1 aromatic rings. The third-order valence-electron chi connectivity index (χ3n) is 3.78. The smallest absolute Gasteiger partial charge is 0.144 e. The summed E-state index contributed by atoms with van der Waals surface area (Å²) in [6, 6.07) is 6.01. The number of nitrogen functional groups attached to an aromatic ring is 1. The molecule has 1 heterocycles. The molecule has 0 aliphatic carbocycles. The number of aliphatic hydroxyl groups excluding tert-OH is 1. The Balaban J connectivity index is 2.30. The van der Waals surface area contributed by atoms with E-state index >= 15 is 0 Å². The van der Waals surface area contributed by atoms with Crippen molar-refractivity contribution in [3.8, 4) is 5.75 Å². The highest BCUT2D eigenvalue weighted by atomic mass is 16.5. The van der Waals surface area contributed by atoms with Gasteiger partial charge in [0.2, 0.25) is 0 Å². The molecular formula is C15H24N2O2. The van der Waals surface area contributed by atoms with Gasteiger partial charge in [-0.05, 0) is 38.3 Å². The number of benzene rings is 1. The lowest BCUT2D eigenvalue weighted by Gasteiger charge is -2.29. The molecule has 1 aliphatic rings. The van der Waals surface area contributed by atoms with Crippen LogP contribution in [-0.4, -0.2) is 30.4 Å². The summed E-state index contributed by atoms with van der Waals surface area (Å²) in [5, 5.41) is 9.56. The number of rotatable bonds is 4. The van der Waals surface area contributed by atoms with E-state index < -0.39 is 0 Å². The molecule has 0 aromatic heterocycles. The molecule has 0 saturated carbocycles. The Morgan fingerprint density at radius 2 is 2.21 bits per heavy atom. The average Bonchev–Trinajstić information content (AvgIpc) is 2.72. The number of ether oxygens (including phenoxy) is 1. The Bertz CT molecular complexity index is 434. The minimum atomic E-state index is 0.101. The SMILES string of the molecule is CC(C)Oc1cccc(N2CCC(C)C2CO)c1N. The Kier molecular flexibility index (Phi) is 4.20. The van der Waals surface area contributed by atoms with Gasteiger partial charge < -0.3 is 20.5 Å². The molecule has 4 heteroatoms. The first-order valence-electron chi connectivity index (χ1n) is 6.97. The van der Waals surface area contributed by atoms with E-state index in [0.29, 0.717) is 11.6 Å². The van der Waals surface area contributed by atoms with Crippen molar-refractivity contribution in [2.75, 3.05) is 23.8 Å². The Morgan fingerprint density at radius 3 is 2.84 bits per heavy atom. The first kappa shape index (κ1) is 14.0. The van der Waals surface area contributed by atoms with Crippen LogP contribution in [0.15, 0.2) is 18.2 Å². The van der Waals surface area contributed by atoms with E-state index in [-0.39, 0.29) is 18.8 Å². The van der Waals surface area contributed by atoms with Crippen molar-refractivity contribution in [3.05, 3.63) is 18.2 Å². The molecule has 0 amide bonds. The van der Waals surface area contributed by atoms with Gasteiger partial charge in [0.1, 0.15) is 5.75 Å². The lowest BCUT2D eigenvalue weighted by molar-refractivity contribution is 0.241. The van der Waals surface area contributed by atoms with Crippen molar-refractivity contribution in [2.24, 2.45) is 5.92 Å². The van der Waals surface area contributed by atoms with Crippen molar-refractivity contribution in [3.63, 3.8) is 0 Å². The van der Waals surface area contributed by atoms with Crippen LogP contribution in [-0.2, 0) is 0 Å². The zero-order chi connectivity index (χ0) is 14.0. The lowest BCUT2D eigenvalue weighted by atomic mass is 10.0. The maximum atomic E-state index is 9.56.